The first-order valence-electron chi connectivity index (χ1n) is 6.97. The summed E-state index contributed by atoms with van der Waals surface area (Å²) < 4.78 is 22.3. The predicted octanol–water partition coefficient (Wildman–Crippen LogP) is 0.901. The molecule has 0 aliphatic carbocycles. The van der Waals surface area contributed by atoms with Crippen molar-refractivity contribution in [3.8, 4) is 0 Å². The second-order valence-electron chi connectivity index (χ2n) is 4.89. The summed E-state index contributed by atoms with van der Waals surface area (Å²) >= 11 is 0. The van der Waals surface area contributed by atoms with Gasteiger partial charge in [-0.1, -0.05) is 19.1 Å². The van der Waals surface area contributed by atoms with Crippen molar-refractivity contribution >= 4 is 15.9 Å². The van der Waals surface area contributed by atoms with E-state index in [9.17, 15) is 13.2 Å². The third kappa shape index (κ3) is 6.24. The Morgan fingerprint density at radius 2 is 1.86 bits per heavy atom. The molecule has 0 saturated heterocycles. The lowest BCUT2D eigenvalue weighted by Gasteiger charge is -2.14. The van der Waals surface area contributed by atoms with Crippen LogP contribution in [0.2, 0.25) is 0 Å². The second kappa shape index (κ2) is 8.11. The van der Waals surface area contributed by atoms with Crippen molar-refractivity contribution in [1.29, 1.82) is 0 Å². The zero-order valence-electron chi connectivity index (χ0n) is 12.4. The van der Waals surface area contributed by atoms with E-state index in [0.29, 0.717) is 19.5 Å². The van der Waals surface area contributed by atoms with Crippen molar-refractivity contribution in [2.75, 3.05) is 13.1 Å². The molecule has 6 nitrogen and oxygen atoms in total. The van der Waals surface area contributed by atoms with E-state index >= 15 is 0 Å². The van der Waals surface area contributed by atoms with Crippen LogP contribution in [0.25, 0.3) is 0 Å². The van der Waals surface area contributed by atoms with Crippen LogP contribution in [0, 0.1) is 0 Å². The molecule has 118 valence electrons. The molecule has 1 aromatic carbocycles. The fraction of sp³-hybridized carbons (Fsp3) is 0.500. The summed E-state index contributed by atoms with van der Waals surface area (Å²) in [4.78, 5) is 11.5. The molecule has 0 radical (unpaired) electrons. The van der Waals surface area contributed by atoms with E-state index < -0.39 is 10.0 Å². The van der Waals surface area contributed by atoms with Crippen LogP contribution < -0.4 is 15.8 Å². The number of rotatable bonds is 8. The molecule has 0 aliphatic rings. The minimum absolute atomic E-state index is 0.0264. The topological polar surface area (TPSA) is 101 Å². The highest BCUT2D eigenvalue weighted by atomic mass is 32.2. The molecule has 0 spiro atoms. The average molecular weight is 313 g/mol. The lowest BCUT2D eigenvalue weighted by Crippen LogP contribution is -2.29. The van der Waals surface area contributed by atoms with Crippen molar-refractivity contribution < 1.29 is 13.2 Å². The molecular formula is C14H23N3O3S. The van der Waals surface area contributed by atoms with Gasteiger partial charge in [0.1, 0.15) is 0 Å². The molecule has 7 heteroatoms. The molecule has 0 heterocycles. The van der Waals surface area contributed by atoms with Gasteiger partial charge < -0.3 is 10.6 Å². The molecule has 4 N–H and O–H groups in total. The van der Waals surface area contributed by atoms with Crippen LogP contribution in [0.15, 0.2) is 29.2 Å². The normalized spacial score (nSPS) is 12.9. The predicted molar refractivity (Wildman–Crippen MR) is 82.2 cm³/mol. The fourth-order valence-corrected chi connectivity index (χ4v) is 2.33. The molecule has 1 aromatic rings. The smallest absolute Gasteiger partial charge is 0.238 e. The molecule has 0 saturated carbocycles. The zero-order valence-corrected chi connectivity index (χ0v) is 13.2. The number of carbonyl (C=O) groups is 1. The number of carbonyl (C=O) groups excluding carboxylic acids is 1. The number of hydrogen-bond donors (Lipinski definition) is 3. The summed E-state index contributed by atoms with van der Waals surface area (Å²) in [5.41, 5.74) is 0.941. The number of sulfonamides is 1. The molecule has 21 heavy (non-hydrogen) atoms. The molecule has 0 fully saturated rings. The van der Waals surface area contributed by atoms with Gasteiger partial charge in [-0.3, -0.25) is 4.79 Å². The van der Waals surface area contributed by atoms with Crippen LogP contribution in [0.5, 0.6) is 0 Å². The SMILES string of the molecule is CCCNC(=O)CCNC(C)c1ccc(S(N)(=O)=O)cc1. The first-order valence-corrected chi connectivity index (χ1v) is 8.52. The average Bonchev–Trinajstić information content (AvgIpc) is 2.44. The quantitative estimate of drug-likeness (QED) is 0.663. The van der Waals surface area contributed by atoms with E-state index in [1.165, 1.54) is 12.1 Å². The third-order valence-electron chi connectivity index (χ3n) is 3.08. The van der Waals surface area contributed by atoms with Gasteiger partial charge in [0.2, 0.25) is 15.9 Å². The summed E-state index contributed by atoms with van der Waals surface area (Å²) in [7, 11) is -3.66. The van der Waals surface area contributed by atoms with Crippen LogP contribution in [-0.2, 0) is 14.8 Å². The first kappa shape index (κ1) is 17.6. The van der Waals surface area contributed by atoms with Crippen LogP contribution in [0.4, 0.5) is 0 Å². The highest BCUT2D eigenvalue weighted by Gasteiger charge is 2.10. The lowest BCUT2D eigenvalue weighted by atomic mass is 10.1. The van der Waals surface area contributed by atoms with Crippen LogP contribution in [0.3, 0.4) is 0 Å². The first-order chi connectivity index (χ1) is 9.84. The van der Waals surface area contributed by atoms with Crippen LogP contribution in [-0.4, -0.2) is 27.4 Å². The van der Waals surface area contributed by atoms with Crippen LogP contribution >= 0.6 is 0 Å². The number of amides is 1. The fourth-order valence-electron chi connectivity index (χ4n) is 1.82. The number of nitrogens with one attached hydrogen (secondary N) is 2. The zero-order chi connectivity index (χ0) is 15.9. The van der Waals surface area contributed by atoms with Crippen LogP contribution in [0.1, 0.15) is 38.3 Å². The number of primary sulfonamides is 1. The highest BCUT2D eigenvalue weighted by molar-refractivity contribution is 7.89. The summed E-state index contributed by atoms with van der Waals surface area (Å²) in [6.45, 7) is 5.22. The summed E-state index contributed by atoms with van der Waals surface area (Å²) in [5.74, 6) is 0.0288. The highest BCUT2D eigenvalue weighted by Crippen LogP contribution is 2.15. The minimum atomic E-state index is -3.66. The Labute approximate surface area is 126 Å². The van der Waals surface area contributed by atoms with E-state index in [0.717, 1.165) is 12.0 Å². The van der Waals surface area contributed by atoms with E-state index in [1.807, 2.05) is 13.8 Å². The monoisotopic (exact) mass is 313 g/mol. The van der Waals surface area contributed by atoms with Crippen molar-refractivity contribution in [2.45, 2.75) is 37.6 Å². The van der Waals surface area contributed by atoms with Gasteiger partial charge in [-0.25, -0.2) is 13.6 Å². The molecule has 0 bridgehead atoms. The standard InChI is InChI=1S/C14H23N3O3S/c1-3-9-17-14(18)8-10-16-11(2)12-4-6-13(7-5-12)21(15,19)20/h4-7,11,16H,3,8-10H2,1-2H3,(H,17,18)(H2,15,19,20). The van der Waals surface area contributed by atoms with Gasteiger partial charge >= 0.3 is 0 Å². The Morgan fingerprint density at radius 3 is 2.38 bits per heavy atom. The van der Waals surface area contributed by atoms with E-state index in [-0.39, 0.29) is 16.8 Å². The largest absolute Gasteiger partial charge is 0.356 e. The second-order valence-corrected chi connectivity index (χ2v) is 6.45. The molecule has 1 rings (SSSR count). The number of hydrogen-bond acceptors (Lipinski definition) is 4. The van der Waals surface area contributed by atoms with E-state index in [1.54, 1.807) is 12.1 Å². The Kier molecular flexibility index (Phi) is 6.80. The van der Waals surface area contributed by atoms with Crippen molar-refractivity contribution in [3.05, 3.63) is 29.8 Å². The number of benzene rings is 1. The molecule has 0 aliphatic heterocycles. The van der Waals surface area contributed by atoms with Gasteiger partial charge in [-0.05, 0) is 31.0 Å². The van der Waals surface area contributed by atoms with Gasteiger partial charge in [0, 0.05) is 25.6 Å². The number of nitrogens with two attached hydrogens (primary N) is 1. The van der Waals surface area contributed by atoms with Crippen molar-refractivity contribution in [3.63, 3.8) is 0 Å². The van der Waals surface area contributed by atoms with Gasteiger partial charge in [0.05, 0.1) is 4.90 Å². The maximum Gasteiger partial charge on any atom is 0.238 e. The molecule has 0 aromatic heterocycles. The molecule has 1 amide bonds. The Balaban J connectivity index is 2.45. The van der Waals surface area contributed by atoms with Gasteiger partial charge in [0.15, 0.2) is 0 Å². The summed E-state index contributed by atoms with van der Waals surface area (Å²) in [5, 5.41) is 11.1. The minimum Gasteiger partial charge on any atom is -0.356 e. The molecule has 1 unspecified atom stereocenters. The molecular weight excluding hydrogens is 290 g/mol. The maximum atomic E-state index is 11.4. The van der Waals surface area contributed by atoms with E-state index in [4.69, 9.17) is 5.14 Å². The third-order valence-corrected chi connectivity index (χ3v) is 4.01. The lowest BCUT2D eigenvalue weighted by molar-refractivity contribution is -0.121. The summed E-state index contributed by atoms with van der Waals surface area (Å²) in [6.07, 6.45) is 1.34. The summed E-state index contributed by atoms with van der Waals surface area (Å²) in [6, 6.07) is 6.43. The van der Waals surface area contributed by atoms with Gasteiger partial charge in [-0.2, -0.15) is 0 Å². The molecule has 1 atom stereocenters. The maximum absolute atomic E-state index is 11.4. The Hall–Kier alpha value is -1.44. The van der Waals surface area contributed by atoms with Gasteiger partial charge in [-0.15, -0.1) is 0 Å². The van der Waals surface area contributed by atoms with Gasteiger partial charge in [0.25, 0.3) is 0 Å². The van der Waals surface area contributed by atoms with Crippen molar-refractivity contribution in [1.82, 2.24) is 10.6 Å². The Morgan fingerprint density at radius 1 is 1.24 bits per heavy atom. The van der Waals surface area contributed by atoms with Crippen molar-refractivity contribution in [2.24, 2.45) is 5.14 Å². The Bertz CT molecular complexity index is 555. The van der Waals surface area contributed by atoms with E-state index in [2.05, 4.69) is 10.6 Å².